The number of nitrogens with zero attached hydrogens (tertiary/aromatic N) is 1. The molecule has 18 heavy (non-hydrogen) atoms. The number of likely N-dealkylation sites (N-methyl/N-ethyl adjacent to an activating group) is 1. The van der Waals surface area contributed by atoms with Crippen LogP contribution in [0.5, 0.6) is 0 Å². The van der Waals surface area contributed by atoms with Crippen LogP contribution in [0.4, 0.5) is 0 Å². The number of hydrogen-bond donors (Lipinski definition) is 1. The minimum atomic E-state index is 0. The van der Waals surface area contributed by atoms with Gasteiger partial charge in [-0.1, -0.05) is 0 Å². The van der Waals surface area contributed by atoms with Crippen molar-refractivity contribution in [1.82, 2.24) is 4.90 Å². The molecule has 0 aromatic heterocycles. The maximum Gasteiger partial charge on any atom is 2.00 e. The van der Waals surface area contributed by atoms with Crippen molar-refractivity contribution in [3.8, 4) is 0 Å². The van der Waals surface area contributed by atoms with Crippen molar-refractivity contribution in [1.29, 1.82) is 0 Å². The van der Waals surface area contributed by atoms with Crippen LogP contribution in [-0.4, -0.2) is 24.5 Å². The minimum absolute atomic E-state index is 0. The molecule has 0 radical (unpaired) electrons. The molecule has 0 heterocycles. The Labute approximate surface area is 121 Å². The molecule has 2 nitrogen and oxygen atoms in total. The predicted octanol–water partition coefficient (Wildman–Crippen LogP) is 2.59. The Kier molecular flexibility index (Phi) is 9.62. The average Bonchev–Trinajstić information content (AvgIpc) is 2.90. The molecule has 0 bridgehead atoms. The first-order chi connectivity index (χ1) is 8.18. The second-order valence-electron chi connectivity index (χ2n) is 4.43. The first-order valence-corrected chi connectivity index (χ1v) is 6.00. The molecule has 0 saturated heterocycles. The summed E-state index contributed by atoms with van der Waals surface area (Å²) in [5.41, 5.74) is 7.04. The summed E-state index contributed by atoms with van der Waals surface area (Å²) < 4.78 is 0. The number of hydrogen-bond acceptors (Lipinski definition) is 2. The molecule has 0 spiro atoms. The molecular weight excluding hydrogens is 264 g/mol. The quantitative estimate of drug-likeness (QED) is 0.691. The van der Waals surface area contributed by atoms with Gasteiger partial charge in [-0.15, -0.1) is 5.56 Å². The Morgan fingerprint density at radius 3 is 2.11 bits per heavy atom. The van der Waals surface area contributed by atoms with Crippen molar-refractivity contribution in [3.05, 3.63) is 60.2 Å². The first-order valence-electron chi connectivity index (χ1n) is 6.00. The van der Waals surface area contributed by atoms with E-state index in [1.54, 1.807) is 0 Å². The molecule has 0 amide bonds. The van der Waals surface area contributed by atoms with Crippen molar-refractivity contribution in [2.24, 2.45) is 5.73 Å². The molecule has 0 saturated carbocycles. The summed E-state index contributed by atoms with van der Waals surface area (Å²) in [4.78, 5) is 2.24. The normalized spacial score (nSPS) is 11.3. The van der Waals surface area contributed by atoms with Crippen LogP contribution in [0.15, 0.2) is 54.6 Å². The van der Waals surface area contributed by atoms with Crippen LogP contribution >= 0.6 is 0 Å². The average molecular weight is 286 g/mol. The van der Waals surface area contributed by atoms with E-state index >= 15 is 0 Å². The first kappa shape index (κ1) is 17.1. The third-order valence-electron chi connectivity index (χ3n) is 2.34. The van der Waals surface area contributed by atoms with Gasteiger partial charge in [0.05, 0.1) is 0 Å². The molecular formula is C15H22FeN2. The fraction of sp³-hybridized carbons (Fsp3) is 0.333. The van der Waals surface area contributed by atoms with E-state index in [-0.39, 0.29) is 23.1 Å². The molecule has 0 fully saturated rings. The molecule has 2 N–H and O–H groups in total. The zero-order chi connectivity index (χ0) is 12.5. The van der Waals surface area contributed by atoms with Gasteiger partial charge >= 0.3 is 17.1 Å². The standard InChI is InChI=1S/C10H17N2.C5H5.Fe/c1-9(11)7-12(2)8-10-5-3-4-6-10;1-2-4-5-3-1;/h3-6,9H,7-8,11H2,1-2H3;1-5H;/q2*-1;+2. The van der Waals surface area contributed by atoms with Crippen LogP contribution < -0.4 is 5.73 Å². The van der Waals surface area contributed by atoms with Crippen molar-refractivity contribution < 1.29 is 17.1 Å². The van der Waals surface area contributed by atoms with E-state index in [4.69, 9.17) is 5.73 Å². The van der Waals surface area contributed by atoms with Gasteiger partial charge in [0.2, 0.25) is 0 Å². The topological polar surface area (TPSA) is 29.3 Å². The fourth-order valence-electron chi connectivity index (χ4n) is 1.71. The molecule has 0 aliphatic carbocycles. The number of nitrogens with two attached hydrogens (primary N) is 1. The molecule has 1 atom stereocenters. The predicted molar refractivity (Wildman–Crippen MR) is 74.1 cm³/mol. The smallest absolute Gasteiger partial charge is 0.327 e. The van der Waals surface area contributed by atoms with Crippen molar-refractivity contribution >= 4 is 0 Å². The van der Waals surface area contributed by atoms with E-state index in [0.29, 0.717) is 0 Å². The van der Waals surface area contributed by atoms with Gasteiger partial charge in [-0.25, -0.2) is 24.3 Å². The monoisotopic (exact) mass is 286 g/mol. The SMILES string of the molecule is CC(N)CN(C)C[c-]1cccc1.[Fe+2].c1cc[cH-]c1. The summed E-state index contributed by atoms with van der Waals surface area (Å²) in [6, 6.07) is 18.7. The molecule has 0 aliphatic rings. The Hall–Kier alpha value is -0.861. The van der Waals surface area contributed by atoms with Crippen molar-refractivity contribution in [2.75, 3.05) is 13.6 Å². The van der Waals surface area contributed by atoms with E-state index in [1.165, 1.54) is 5.56 Å². The summed E-state index contributed by atoms with van der Waals surface area (Å²) >= 11 is 0. The largest absolute Gasteiger partial charge is 2.00 e. The van der Waals surface area contributed by atoms with Crippen LogP contribution in [0, 0.1) is 0 Å². The second-order valence-corrected chi connectivity index (χ2v) is 4.43. The van der Waals surface area contributed by atoms with Gasteiger partial charge in [-0.2, -0.15) is 30.3 Å². The van der Waals surface area contributed by atoms with Gasteiger partial charge in [-0.05, 0) is 20.5 Å². The zero-order valence-corrected chi connectivity index (χ0v) is 12.2. The summed E-state index contributed by atoms with van der Waals surface area (Å²) in [5, 5.41) is 0. The van der Waals surface area contributed by atoms with Gasteiger partial charge < -0.3 is 10.6 Å². The third-order valence-corrected chi connectivity index (χ3v) is 2.34. The van der Waals surface area contributed by atoms with Crippen molar-refractivity contribution in [2.45, 2.75) is 19.5 Å². The maximum atomic E-state index is 5.68. The zero-order valence-electron chi connectivity index (χ0n) is 11.1. The second kappa shape index (κ2) is 10.1. The van der Waals surface area contributed by atoms with Gasteiger partial charge in [0, 0.05) is 12.6 Å². The fourth-order valence-corrected chi connectivity index (χ4v) is 1.71. The van der Waals surface area contributed by atoms with Crippen LogP contribution in [0.1, 0.15) is 12.5 Å². The summed E-state index contributed by atoms with van der Waals surface area (Å²) in [6.07, 6.45) is 0. The van der Waals surface area contributed by atoms with E-state index in [1.807, 2.05) is 37.3 Å². The van der Waals surface area contributed by atoms with Gasteiger partial charge in [-0.3, -0.25) is 0 Å². The molecule has 2 aromatic rings. The molecule has 3 heteroatoms. The Morgan fingerprint density at radius 1 is 1.17 bits per heavy atom. The van der Waals surface area contributed by atoms with Crippen LogP contribution in [-0.2, 0) is 23.6 Å². The Morgan fingerprint density at radius 2 is 1.72 bits per heavy atom. The number of rotatable bonds is 4. The van der Waals surface area contributed by atoms with E-state index in [0.717, 1.165) is 13.1 Å². The maximum absolute atomic E-state index is 5.68. The van der Waals surface area contributed by atoms with E-state index in [9.17, 15) is 0 Å². The minimum Gasteiger partial charge on any atom is -0.327 e. The molecule has 0 aliphatic heterocycles. The Bertz CT molecular complexity index is 335. The van der Waals surface area contributed by atoms with E-state index < -0.39 is 0 Å². The van der Waals surface area contributed by atoms with Gasteiger partial charge in [0.1, 0.15) is 0 Å². The van der Waals surface area contributed by atoms with Crippen molar-refractivity contribution in [3.63, 3.8) is 0 Å². The third kappa shape index (κ3) is 8.26. The van der Waals surface area contributed by atoms with Crippen LogP contribution in [0.2, 0.25) is 0 Å². The van der Waals surface area contributed by atoms with E-state index in [2.05, 4.69) is 36.2 Å². The van der Waals surface area contributed by atoms with Crippen LogP contribution in [0.25, 0.3) is 0 Å². The summed E-state index contributed by atoms with van der Waals surface area (Å²) in [6.45, 7) is 3.97. The Balaban J connectivity index is 0.000000405. The molecule has 2 rings (SSSR count). The molecule has 1 unspecified atom stereocenters. The van der Waals surface area contributed by atoms with Crippen LogP contribution in [0.3, 0.4) is 0 Å². The van der Waals surface area contributed by atoms with Gasteiger partial charge in [0.25, 0.3) is 0 Å². The summed E-state index contributed by atoms with van der Waals surface area (Å²) in [5.74, 6) is 0. The molecule has 2 aromatic carbocycles. The summed E-state index contributed by atoms with van der Waals surface area (Å²) in [7, 11) is 2.09. The molecule has 100 valence electrons. The van der Waals surface area contributed by atoms with Gasteiger partial charge in [0.15, 0.2) is 0 Å².